The Morgan fingerprint density at radius 2 is 1.56 bits per heavy atom. The summed E-state index contributed by atoms with van der Waals surface area (Å²) in [4.78, 5) is 58.1. The number of hydrogen-bond donors (Lipinski definition) is 6. The van der Waals surface area contributed by atoms with E-state index in [9.17, 15) is 23.6 Å². The fourth-order valence-corrected chi connectivity index (χ4v) is 8.86. The maximum Gasteiger partial charge on any atom is 0.386 e. The van der Waals surface area contributed by atoms with Crippen molar-refractivity contribution in [2.75, 3.05) is 24.7 Å². The highest BCUT2D eigenvalue weighted by atomic mass is 32.7. The second kappa shape index (κ2) is 18.4. The minimum atomic E-state index is -4.55. The van der Waals surface area contributed by atoms with E-state index in [2.05, 4.69) is 61.3 Å². The van der Waals surface area contributed by atoms with Gasteiger partial charge in [0.25, 0.3) is 5.56 Å². The van der Waals surface area contributed by atoms with Gasteiger partial charge < -0.3 is 30.6 Å². The lowest BCUT2D eigenvalue weighted by molar-refractivity contribution is -0.154. The van der Waals surface area contributed by atoms with Gasteiger partial charge >= 0.3 is 19.6 Å². The highest BCUT2D eigenvalue weighted by Crippen LogP contribution is 2.57. The number of thiol groups is 2. The van der Waals surface area contributed by atoms with Crippen LogP contribution in [0.15, 0.2) is 23.8 Å². The molecule has 0 saturated carbocycles. The Morgan fingerprint density at radius 1 is 0.930 bits per heavy atom. The Balaban J connectivity index is 1.18. The first-order valence-corrected chi connectivity index (χ1v) is 23.6. The number of nitrogens with zero attached hydrogens (tertiary/aromatic N) is 7. The van der Waals surface area contributed by atoms with Crippen molar-refractivity contribution in [1.29, 1.82) is 0 Å². The van der Waals surface area contributed by atoms with E-state index in [1.54, 1.807) is 6.92 Å². The number of carbonyl (C=O) groups excluding carboxylic acids is 1. The molecule has 2 unspecified atom stereocenters. The van der Waals surface area contributed by atoms with Crippen molar-refractivity contribution < 1.29 is 51.0 Å². The first kappa shape index (κ1) is 43.4. The van der Waals surface area contributed by atoms with Crippen molar-refractivity contribution in [3.63, 3.8) is 0 Å². The number of halogens is 1. The number of nitrogens with two attached hydrogens (primary N) is 2. The number of aromatic amines is 1. The van der Waals surface area contributed by atoms with Gasteiger partial charge in [0.05, 0.1) is 25.9 Å². The number of imidazole rings is 2. The number of rotatable bonds is 19. The molecule has 2 aliphatic rings. The number of carbonyl (C=O) groups is 1. The molecule has 314 valence electrons. The normalized spacial score (nSPS) is 27.2. The molecule has 6 rings (SSSR count). The summed E-state index contributed by atoms with van der Waals surface area (Å²) in [7, 11) is 0. The summed E-state index contributed by atoms with van der Waals surface area (Å²) in [6.07, 6.45) is 0.932. The van der Waals surface area contributed by atoms with Gasteiger partial charge in [-0.3, -0.25) is 37.3 Å². The van der Waals surface area contributed by atoms with Crippen molar-refractivity contribution in [1.82, 2.24) is 39.0 Å². The smallest absolute Gasteiger partial charge is 0.386 e. The molecule has 57 heavy (non-hydrogen) atoms. The molecule has 0 amide bonds. The molecule has 0 spiro atoms. The minimum absolute atomic E-state index is 0.00749. The van der Waals surface area contributed by atoms with Gasteiger partial charge in [0, 0.05) is 12.3 Å². The van der Waals surface area contributed by atoms with Crippen LogP contribution in [0, 0.1) is 5.92 Å². The molecule has 6 heterocycles. The Bertz CT molecular complexity index is 2190. The van der Waals surface area contributed by atoms with Gasteiger partial charge in [-0.1, -0.05) is 76.9 Å². The second-order valence-corrected chi connectivity index (χ2v) is 19.4. The molecular formula is C31H45FN10O11P2S2. The standard InChI is InChI=1S/C31H45FN10O11P2S2/c1-3-4-5-6-7-8-9-10-19(43)52-23-16(2)29(42-15-38-22-27(42)39-31(34)40-28(22)44)50-17(23)12-49-55(47,57)53-24-18(11-48-54(45,46)56)51-30(20(24)32)41-14-37-21-25(33)35-13-36-26(21)41/h13-18,20,23-24,29-30H,3-12H2,1-2H3,(H,47,57)(H2,33,35,36)(H2,45,46,56)(H3,34,39,40,44)/t16-,17-,18-,20-,23+,24-,29-,30-,55?/m1/s1. The van der Waals surface area contributed by atoms with E-state index in [-0.39, 0.29) is 40.5 Å². The molecule has 2 fully saturated rings. The maximum atomic E-state index is 16.3. The van der Waals surface area contributed by atoms with Gasteiger partial charge in [0.1, 0.15) is 42.5 Å². The molecule has 0 radical (unpaired) electrons. The number of H-pyrrole nitrogens is 1. The number of nitrogen functional groups attached to an aromatic ring is 2. The van der Waals surface area contributed by atoms with E-state index < -0.39 is 87.3 Å². The third-order valence-corrected chi connectivity index (χ3v) is 12.1. The SMILES string of the molecule is CCCCCCCCCC(=O)O[C@H]1[C@@H](C)[C@H](n2cnc3c(=O)[nH]c(N)nc32)O[C@@H]1COP(=O)(S)O[C@H]1[C@@H](F)[C@H](n2cnc3c(N)ncnc32)O[C@@H]1COP(=O)(O)S. The summed E-state index contributed by atoms with van der Waals surface area (Å²) < 4.78 is 79.0. The van der Waals surface area contributed by atoms with Crippen LogP contribution in [0.5, 0.6) is 0 Å². The summed E-state index contributed by atoms with van der Waals surface area (Å²) in [5, 5.41) is 0. The minimum Gasteiger partial charge on any atom is -0.459 e. The number of aromatic nitrogens is 8. The highest BCUT2D eigenvalue weighted by molar-refractivity contribution is 8.44. The molecule has 0 aliphatic carbocycles. The van der Waals surface area contributed by atoms with Crippen LogP contribution in [0.25, 0.3) is 22.3 Å². The number of alkyl halides is 1. The topological polar surface area (TPSA) is 286 Å². The van der Waals surface area contributed by atoms with Gasteiger partial charge in [-0.05, 0) is 6.42 Å². The van der Waals surface area contributed by atoms with E-state index in [1.807, 2.05) is 0 Å². The molecule has 2 aliphatic heterocycles. The number of anilines is 2. The summed E-state index contributed by atoms with van der Waals surface area (Å²) in [6.45, 7) is -6.33. The second-order valence-electron chi connectivity index (χ2n) is 13.7. The zero-order valence-electron chi connectivity index (χ0n) is 30.9. The van der Waals surface area contributed by atoms with Crippen molar-refractivity contribution >= 4 is 78.2 Å². The molecule has 0 aromatic carbocycles. The Labute approximate surface area is 335 Å². The lowest BCUT2D eigenvalue weighted by Gasteiger charge is -2.25. The largest absolute Gasteiger partial charge is 0.459 e. The van der Waals surface area contributed by atoms with Crippen LogP contribution in [-0.4, -0.2) is 93.7 Å². The summed E-state index contributed by atoms with van der Waals surface area (Å²) in [5.41, 5.74) is 11.5. The van der Waals surface area contributed by atoms with Crippen molar-refractivity contribution in [2.45, 2.75) is 108 Å². The van der Waals surface area contributed by atoms with Crippen LogP contribution in [-0.2, 0) is 41.7 Å². The molecular weight excluding hydrogens is 833 g/mol. The van der Waals surface area contributed by atoms with Crippen LogP contribution in [0.3, 0.4) is 0 Å². The average molecular weight is 879 g/mol. The number of ether oxygens (including phenoxy) is 3. The van der Waals surface area contributed by atoms with Crippen LogP contribution in [0.2, 0.25) is 0 Å². The quantitative estimate of drug-likeness (QED) is 0.0329. The van der Waals surface area contributed by atoms with E-state index in [1.165, 1.54) is 21.8 Å². The lowest BCUT2D eigenvalue weighted by atomic mass is 10.0. The van der Waals surface area contributed by atoms with Crippen LogP contribution in [0.4, 0.5) is 16.2 Å². The molecule has 26 heteroatoms. The number of fused-ring (bicyclic) bond motifs is 2. The van der Waals surface area contributed by atoms with Gasteiger partial charge in [-0.25, -0.2) is 33.5 Å². The van der Waals surface area contributed by atoms with E-state index >= 15 is 4.39 Å². The molecule has 6 N–H and O–H groups in total. The van der Waals surface area contributed by atoms with Gasteiger partial charge in [0.2, 0.25) is 5.95 Å². The van der Waals surface area contributed by atoms with Crippen LogP contribution >= 0.6 is 38.1 Å². The van der Waals surface area contributed by atoms with Crippen LogP contribution in [0.1, 0.15) is 77.7 Å². The first-order valence-electron chi connectivity index (χ1n) is 18.2. The van der Waals surface area contributed by atoms with E-state index in [0.717, 1.165) is 44.9 Å². The Morgan fingerprint density at radius 3 is 2.28 bits per heavy atom. The first-order chi connectivity index (χ1) is 27.1. The van der Waals surface area contributed by atoms with Crippen molar-refractivity contribution in [2.24, 2.45) is 5.92 Å². The van der Waals surface area contributed by atoms with Crippen LogP contribution < -0.4 is 17.0 Å². The highest BCUT2D eigenvalue weighted by Gasteiger charge is 2.52. The van der Waals surface area contributed by atoms with E-state index in [4.69, 9.17) is 39.2 Å². The summed E-state index contributed by atoms with van der Waals surface area (Å²) >= 11 is 7.62. The third kappa shape index (κ3) is 10.3. The predicted octanol–water partition coefficient (Wildman–Crippen LogP) is 4.43. The molecule has 4 aromatic rings. The third-order valence-electron chi connectivity index (χ3n) is 9.62. The molecule has 21 nitrogen and oxygen atoms in total. The van der Waals surface area contributed by atoms with Gasteiger partial charge in [-0.15, -0.1) is 0 Å². The maximum absolute atomic E-state index is 16.3. The zero-order valence-corrected chi connectivity index (χ0v) is 34.5. The molecule has 4 aromatic heterocycles. The number of hydrogen-bond acceptors (Lipinski definition) is 17. The molecule has 10 atom stereocenters. The fourth-order valence-electron chi connectivity index (χ4n) is 6.84. The fraction of sp³-hybridized carbons (Fsp3) is 0.645. The number of esters is 1. The predicted molar refractivity (Wildman–Crippen MR) is 209 cm³/mol. The lowest BCUT2D eigenvalue weighted by Crippen LogP contribution is -2.35. The average Bonchev–Trinajstić information content (AvgIpc) is 3.91. The summed E-state index contributed by atoms with van der Waals surface area (Å²) in [6, 6.07) is 0. The zero-order chi connectivity index (χ0) is 41.1. The van der Waals surface area contributed by atoms with Gasteiger partial charge in [0.15, 0.2) is 35.0 Å². The van der Waals surface area contributed by atoms with E-state index in [0.29, 0.717) is 6.42 Å². The van der Waals surface area contributed by atoms with Crippen molar-refractivity contribution in [3.05, 3.63) is 29.3 Å². The summed E-state index contributed by atoms with van der Waals surface area (Å²) in [5.74, 6) is -1.23. The van der Waals surface area contributed by atoms with Crippen molar-refractivity contribution in [3.8, 4) is 0 Å². The molecule has 0 bridgehead atoms. The number of unbranched alkanes of at least 4 members (excludes halogenated alkanes) is 6. The molecule has 2 saturated heterocycles. The Kier molecular flexibility index (Phi) is 14.0. The van der Waals surface area contributed by atoms with Gasteiger partial charge in [-0.2, -0.15) is 4.98 Å². The monoisotopic (exact) mass is 878 g/mol. The Hall–Kier alpha value is -3.18. The number of nitrogens with one attached hydrogen (secondary N) is 1.